The van der Waals surface area contributed by atoms with E-state index in [0.29, 0.717) is 18.4 Å². The van der Waals surface area contributed by atoms with E-state index in [4.69, 9.17) is 9.15 Å². The number of aryl methyl sites for hydroxylation is 2. The minimum Gasteiger partial charge on any atom is -0.445 e. The zero-order valence-corrected chi connectivity index (χ0v) is 17.6. The topological polar surface area (TPSA) is 60.5 Å². The van der Waals surface area contributed by atoms with Crippen LogP contribution in [0, 0.1) is 0 Å². The predicted molar refractivity (Wildman–Crippen MR) is 119 cm³/mol. The van der Waals surface area contributed by atoms with Gasteiger partial charge in [-0.15, -0.1) is 0 Å². The lowest BCUT2D eigenvalue weighted by Crippen LogP contribution is -2.51. The van der Waals surface area contributed by atoms with Crippen molar-refractivity contribution in [2.24, 2.45) is 0 Å². The monoisotopic (exact) mass is 415 g/mol. The van der Waals surface area contributed by atoms with E-state index >= 15 is 0 Å². The maximum Gasteiger partial charge on any atom is 0.225 e. The molecular weight excluding hydrogens is 390 g/mol. The number of carbonyl (C=O) groups is 1. The van der Waals surface area contributed by atoms with Gasteiger partial charge < -0.3 is 13.7 Å². The predicted octanol–water partition coefficient (Wildman–Crippen LogP) is 4.30. The number of likely N-dealkylation sites (tertiary alicyclic amines) is 1. The minimum absolute atomic E-state index is 0.257. The summed E-state index contributed by atoms with van der Waals surface area (Å²) < 4.78 is 13.3. The molecule has 0 saturated carbocycles. The summed E-state index contributed by atoms with van der Waals surface area (Å²) in [5.41, 5.74) is 5.47. The van der Waals surface area contributed by atoms with Crippen LogP contribution in [0.4, 0.5) is 0 Å². The molecule has 3 heterocycles. The fourth-order valence-electron chi connectivity index (χ4n) is 5.20. The molecule has 0 N–H and O–H groups in total. The Morgan fingerprint density at radius 2 is 2.00 bits per heavy atom. The van der Waals surface area contributed by atoms with Gasteiger partial charge in [-0.3, -0.25) is 9.69 Å². The molecule has 6 rings (SSSR count). The Morgan fingerprint density at radius 1 is 1.13 bits per heavy atom. The highest BCUT2D eigenvalue weighted by Crippen LogP contribution is 2.38. The molecule has 0 amide bonds. The summed E-state index contributed by atoms with van der Waals surface area (Å²) in [4.78, 5) is 19.2. The van der Waals surface area contributed by atoms with Crippen LogP contribution in [-0.4, -0.2) is 53.1 Å². The molecule has 1 aliphatic heterocycles. The second kappa shape index (κ2) is 7.32. The summed E-state index contributed by atoms with van der Waals surface area (Å²) in [6.45, 7) is 4.07. The highest BCUT2D eigenvalue weighted by molar-refractivity contribution is 6.15. The van der Waals surface area contributed by atoms with E-state index in [0.717, 1.165) is 50.1 Å². The van der Waals surface area contributed by atoms with Crippen LogP contribution in [0.2, 0.25) is 0 Å². The zero-order chi connectivity index (χ0) is 20.9. The zero-order valence-electron chi connectivity index (χ0n) is 17.6. The Kier molecular flexibility index (Phi) is 4.44. The summed E-state index contributed by atoms with van der Waals surface area (Å²) in [6.07, 6.45) is 6.16. The minimum atomic E-state index is 0.257. The molecule has 0 spiro atoms. The fourth-order valence-corrected chi connectivity index (χ4v) is 5.20. The normalized spacial score (nSPS) is 17.0. The number of carbonyl (C=O) groups excluding carboxylic acids is 1. The number of nitrogens with zero attached hydrogens (tertiary/aromatic N) is 3. The summed E-state index contributed by atoms with van der Waals surface area (Å²) in [6, 6.07) is 10.6. The van der Waals surface area contributed by atoms with E-state index in [1.54, 1.807) is 19.6 Å². The molecule has 0 atom stereocenters. The number of fused-ring (bicyclic) bond motifs is 5. The Balaban J connectivity index is 1.42. The largest absolute Gasteiger partial charge is 0.445 e. The van der Waals surface area contributed by atoms with E-state index in [-0.39, 0.29) is 5.78 Å². The second-order valence-corrected chi connectivity index (χ2v) is 8.60. The molecule has 31 heavy (non-hydrogen) atoms. The van der Waals surface area contributed by atoms with Crippen molar-refractivity contribution in [1.29, 1.82) is 0 Å². The third-order valence-electron chi connectivity index (χ3n) is 6.83. The molecule has 0 bridgehead atoms. The Bertz CT molecular complexity index is 1280. The van der Waals surface area contributed by atoms with Crippen molar-refractivity contribution >= 4 is 27.6 Å². The van der Waals surface area contributed by atoms with Gasteiger partial charge >= 0.3 is 0 Å². The first-order valence-corrected chi connectivity index (χ1v) is 11.0. The van der Waals surface area contributed by atoms with Gasteiger partial charge in [0.2, 0.25) is 5.89 Å². The number of hydrogen-bond donors (Lipinski definition) is 0. The number of rotatable bonds is 6. The SMILES string of the molecule is COC1CN(CCCn2c3ccc(-c4ncco4)cc3c3c4c(ccc32)C(=O)CC4)C1. The van der Waals surface area contributed by atoms with Gasteiger partial charge in [0.1, 0.15) is 6.26 Å². The Hall–Kier alpha value is -2.96. The number of benzene rings is 2. The van der Waals surface area contributed by atoms with Crippen LogP contribution in [-0.2, 0) is 17.7 Å². The summed E-state index contributed by atoms with van der Waals surface area (Å²) >= 11 is 0. The van der Waals surface area contributed by atoms with Crippen molar-refractivity contribution in [3.8, 4) is 11.5 Å². The number of hydrogen-bond acceptors (Lipinski definition) is 5. The van der Waals surface area contributed by atoms with Gasteiger partial charge in [-0.05, 0) is 48.7 Å². The average Bonchev–Trinajstić information content (AvgIpc) is 3.48. The highest BCUT2D eigenvalue weighted by atomic mass is 16.5. The van der Waals surface area contributed by atoms with E-state index in [9.17, 15) is 4.79 Å². The molecule has 158 valence electrons. The number of Topliss-reactive ketones (excluding diaryl/α,β-unsaturated/α-hetero) is 1. The van der Waals surface area contributed by atoms with Crippen molar-refractivity contribution in [3.63, 3.8) is 0 Å². The third kappa shape index (κ3) is 3.01. The van der Waals surface area contributed by atoms with Gasteiger partial charge in [0.05, 0.1) is 12.3 Å². The molecule has 0 unspecified atom stereocenters. The lowest BCUT2D eigenvalue weighted by atomic mass is 10.0. The molecule has 1 aliphatic carbocycles. The van der Waals surface area contributed by atoms with Crippen LogP contribution < -0.4 is 0 Å². The maximum atomic E-state index is 12.4. The molecule has 2 aromatic carbocycles. The van der Waals surface area contributed by atoms with Crippen molar-refractivity contribution in [1.82, 2.24) is 14.5 Å². The molecular formula is C25H25N3O3. The van der Waals surface area contributed by atoms with Gasteiger partial charge in [0.15, 0.2) is 5.78 Å². The molecule has 2 aromatic heterocycles. The van der Waals surface area contributed by atoms with Gasteiger partial charge in [0, 0.05) is 72.6 Å². The Morgan fingerprint density at radius 3 is 2.81 bits per heavy atom. The summed E-state index contributed by atoms with van der Waals surface area (Å²) in [5.74, 6) is 0.879. The second-order valence-electron chi connectivity index (χ2n) is 8.60. The summed E-state index contributed by atoms with van der Waals surface area (Å²) in [7, 11) is 1.79. The number of oxazole rings is 1. The van der Waals surface area contributed by atoms with Crippen LogP contribution in [0.15, 0.2) is 47.2 Å². The Labute approximate surface area is 180 Å². The average molecular weight is 415 g/mol. The standard InChI is InChI=1S/C25H25N3O3/c1-30-17-14-27(15-17)10-2-11-28-21-6-3-16(25-26-9-12-31-25)13-20(21)24-19-5-8-23(29)18(19)4-7-22(24)28/h3-4,6-7,9,12-13,17H,2,5,8,10-11,14-15H2,1H3. The summed E-state index contributed by atoms with van der Waals surface area (Å²) in [5, 5.41) is 2.40. The van der Waals surface area contributed by atoms with Crippen LogP contribution >= 0.6 is 0 Å². The number of methoxy groups -OCH3 is 1. The van der Waals surface area contributed by atoms with Crippen molar-refractivity contribution in [3.05, 3.63) is 53.9 Å². The molecule has 6 heteroatoms. The third-order valence-corrected chi connectivity index (χ3v) is 6.83. The number of ketones is 1. The molecule has 2 aliphatic rings. The number of ether oxygens (including phenoxy) is 1. The molecule has 0 radical (unpaired) electrons. The van der Waals surface area contributed by atoms with Gasteiger partial charge in [-0.25, -0.2) is 4.98 Å². The first-order chi connectivity index (χ1) is 15.2. The highest BCUT2D eigenvalue weighted by Gasteiger charge is 2.27. The molecule has 6 nitrogen and oxygen atoms in total. The lowest BCUT2D eigenvalue weighted by Gasteiger charge is -2.38. The first kappa shape index (κ1) is 18.8. The van der Waals surface area contributed by atoms with E-state index < -0.39 is 0 Å². The molecule has 4 aromatic rings. The van der Waals surface area contributed by atoms with Crippen LogP contribution in [0.25, 0.3) is 33.3 Å². The molecule has 1 saturated heterocycles. The van der Waals surface area contributed by atoms with Gasteiger partial charge in [-0.2, -0.15) is 0 Å². The lowest BCUT2D eigenvalue weighted by molar-refractivity contribution is -0.0297. The van der Waals surface area contributed by atoms with Crippen LogP contribution in [0.5, 0.6) is 0 Å². The van der Waals surface area contributed by atoms with Crippen molar-refractivity contribution in [2.45, 2.75) is 31.9 Å². The van der Waals surface area contributed by atoms with Crippen LogP contribution in [0.1, 0.15) is 28.8 Å². The van der Waals surface area contributed by atoms with E-state index in [1.165, 1.54) is 27.4 Å². The molecule has 1 fully saturated rings. The van der Waals surface area contributed by atoms with Crippen molar-refractivity contribution < 1.29 is 13.9 Å². The van der Waals surface area contributed by atoms with Gasteiger partial charge in [-0.1, -0.05) is 0 Å². The van der Waals surface area contributed by atoms with E-state index in [2.05, 4.69) is 38.7 Å². The van der Waals surface area contributed by atoms with E-state index in [1.807, 2.05) is 6.07 Å². The maximum absolute atomic E-state index is 12.4. The van der Waals surface area contributed by atoms with Crippen molar-refractivity contribution in [2.75, 3.05) is 26.7 Å². The smallest absolute Gasteiger partial charge is 0.225 e. The van der Waals surface area contributed by atoms with Crippen LogP contribution in [0.3, 0.4) is 0 Å². The first-order valence-electron chi connectivity index (χ1n) is 11.0. The fraction of sp³-hybridized carbons (Fsp3) is 0.360. The quantitative estimate of drug-likeness (QED) is 0.470. The van der Waals surface area contributed by atoms with Gasteiger partial charge in [0.25, 0.3) is 0 Å². The number of aromatic nitrogens is 2.